The summed E-state index contributed by atoms with van der Waals surface area (Å²) in [6, 6.07) is 9.06. The van der Waals surface area contributed by atoms with E-state index in [9.17, 15) is 14.4 Å². The Labute approximate surface area is 163 Å². The van der Waals surface area contributed by atoms with Crippen LogP contribution in [0.25, 0.3) is 0 Å². The minimum Gasteiger partial charge on any atom is -0.349 e. The summed E-state index contributed by atoms with van der Waals surface area (Å²) in [6.07, 6.45) is 5.65. The van der Waals surface area contributed by atoms with Crippen LogP contribution in [0.4, 0.5) is 0 Å². The zero-order chi connectivity index (χ0) is 20.1. The highest BCUT2D eigenvalue weighted by molar-refractivity contribution is 6.38. The predicted molar refractivity (Wildman–Crippen MR) is 108 cm³/mol. The average molecular weight is 375 g/mol. The van der Waals surface area contributed by atoms with Gasteiger partial charge in [-0.05, 0) is 24.8 Å². The second-order valence-electron chi connectivity index (χ2n) is 7.10. The lowest BCUT2D eigenvalue weighted by Gasteiger charge is -2.20. The van der Waals surface area contributed by atoms with Crippen LogP contribution in [0.5, 0.6) is 0 Å². The van der Waals surface area contributed by atoms with Crippen LogP contribution < -0.4 is 10.6 Å². The molecule has 0 heterocycles. The molecular formula is C22H34N2O3. The molecule has 2 N–H and O–H groups in total. The Morgan fingerprint density at radius 3 is 2.30 bits per heavy atom. The van der Waals surface area contributed by atoms with E-state index in [1.165, 1.54) is 0 Å². The van der Waals surface area contributed by atoms with E-state index in [1.54, 1.807) is 0 Å². The third-order valence-corrected chi connectivity index (χ3v) is 4.66. The van der Waals surface area contributed by atoms with Gasteiger partial charge in [0, 0.05) is 12.5 Å². The molecule has 5 nitrogen and oxygen atoms in total. The zero-order valence-corrected chi connectivity index (χ0v) is 16.9. The maximum Gasteiger partial charge on any atom is 0.289 e. The van der Waals surface area contributed by atoms with Crippen molar-refractivity contribution in [2.24, 2.45) is 5.92 Å². The van der Waals surface area contributed by atoms with E-state index in [1.807, 2.05) is 44.2 Å². The molecule has 0 radical (unpaired) electrons. The number of amides is 2. The molecule has 0 spiro atoms. The Bertz CT molecular complexity index is 586. The van der Waals surface area contributed by atoms with Crippen molar-refractivity contribution < 1.29 is 14.4 Å². The van der Waals surface area contributed by atoms with E-state index in [0.717, 1.165) is 37.7 Å². The number of hydrogen-bond donors (Lipinski definition) is 2. The first kappa shape index (κ1) is 22.9. The van der Waals surface area contributed by atoms with Crippen molar-refractivity contribution in [2.45, 2.75) is 71.8 Å². The van der Waals surface area contributed by atoms with Crippen molar-refractivity contribution in [3.63, 3.8) is 0 Å². The van der Waals surface area contributed by atoms with Gasteiger partial charge in [0.25, 0.3) is 5.91 Å². The van der Waals surface area contributed by atoms with Crippen LogP contribution in [0.15, 0.2) is 30.3 Å². The van der Waals surface area contributed by atoms with E-state index in [2.05, 4.69) is 17.6 Å². The van der Waals surface area contributed by atoms with Gasteiger partial charge in [-0.25, -0.2) is 0 Å². The lowest BCUT2D eigenvalue weighted by atomic mass is 10.0. The SMILES string of the molecule is CCCCCC(NC(=O)C(C)CCC)C(=O)C(=O)NCCc1ccccc1. The Balaban J connectivity index is 2.58. The predicted octanol–water partition coefficient (Wildman–Crippen LogP) is 3.42. The number of carbonyl (C=O) groups is 3. The van der Waals surface area contributed by atoms with Crippen LogP contribution in [0.3, 0.4) is 0 Å². The molecule has 2 unspecified atom stereocenters. The average Bonchev–Trinajstić information content (AvgIpc) is 2.67. The van der Waals surface area contributed by atoms with Gasteiger partial charge in [-0.15, -0.1) is 0 Å². The molecule has 27 heavy (non-hydrogen) atoms. The standard InChI is InChI=1S/C22H34N2O3/c1-4-6-8-14-19(24-21(26)17(3)11-5-2)20(25)22(27)23-16-15-18-12-9-7-10-13-18/h7,9-10,12-13,17,19H,4-6,8,11,14-16H2,1-3H3,(H,23,27)(H,24,26). The number of Topliss-reactive ketones (excluding diaryl/α,β-unsaturated/α-hetero) is 1. The summed E-state index contributed by atoms with van der Waals surface area (Å²) in [5.41, 5.74) is 1.10. The summed E-state index contributed by atoms with van der Waals surface area (Å²) in [6.45, 7) is 6.35. The highest BCUT2D eigenvalue weighted by Gasteiger charge is 2.27. The first-order valence-electron chi connectivity index (χ1n) is 10.2. The molecule has 0 aliphatic heterocycles. The molecule has 1 aromatic carbocycles. The maximum atomic E-state index is 12.6. The van der Waals surface area contributed by atoms with Gasteiger partial charge in [-0.1, -0.05) is 76.8 Å². The minimum atomic E-state index is -0.736. The van der Waals surface area contributed by atoms with E-state index in [0.29, 0.717) is 19.4 Å². The van der Waals surface area contributed by atoms with E-state index >= 15 is 0 Å². The second-order valence-corrected chi connectivity index (χ2v) is 7.10. The van der Waals surface area contributed by atoms with Crippen molar-refractivity contribution >= 4 is 17.6 Å². The number of unbranched alkanes of at least 4 members (excludes halogenated alkanes) is 2. The summed E-state index contributed by atoms with van der Waals surface area (Å²) in [7, 11) is 0. The maximum absolute atomic E-state index is 12.6. The topological polar surface area (TPSA) is 75.3 Å². The Hall–Kier alpha value is -2.17. The molecule has 2 atom stereocenters. The van der Waals surface area contributed by atoms with Crippen molar-refractivity contribution in [1.29, 1.82) is 0 Å². The van der Waals surface area contributed by atoms with E-state index in [4.69, 9.17) is 0 Å². The van der Waals surface area contributed by atoms with Gasteiger partial charge in [0.05, 0.1) is 6.04 Å². The van der Waals surface area contributed by atoms with Gasteiger partial charge < -0.3 is 10.6 Å². The van der Waals surface area contributed by atoms with Gasteiger partial charge in [0.1, 0.15) is 0 Å². The van der Waals surface area contributed by atoms with Crippen LogP contribution in [-0.4, -0.2) is 30.2 Å². The molecule has 0 fully saturated rings. The molecule has 0 saturated carbocycles. The summed E-state index contributed by atoms with van der Waals surface area (Å²) in [4.78, 5) is 37.1. The van der Waals surface area contributed by atoms with Crippen LogP contribution in [-0.2, 0) is 20.8 Å². The van der Waals surface area contributed by atoms with Gasteiger partial charge in [-0.3, -0.25) is 14.4 Å². The fourth-order valence-corrected chi connectivity index (χ4v) is 2.96. The molecule has 0 saturated heterocycles. The number of ketones is 1. The van der Waals surface area contributed by atoms with Gasteiger partial charge in [0.2, 0.25) is 11.7 Å². The first-order valence-corrected chi connectivity index (χ1v) is 10.2. The molecule has 0 aromatic heterocycles. The van der Waals surface area contributed by atoms with E-state index < -0.39 is 17.7 Å². The fraction of sp³-hybridized carbons (Fsp3) is 0.591. The van der Waals surface area contributed by atoms with Crippen molar-refractivity contribution in [1.82, 2.24) is 10.6 Å². The van der Waals surface area contributed by atoms with Crippen molar-refractivity contribution in [3.05, 3.63) is 35.9 Å². The highest BCUT2D eigenvalue weighted by Crippen LogP contribution is 2.09. The Morgan fingerprint density at radius 2 is 1.67 bits per heavy atom. The summed E-state index contributed by atoms with van der Waals surface area (Å²) in [5.74, 6) is -1.46. The monoisotopic (exact) mass is 374 g/mol. The van der Waals surface area contributed by atoms with Crippen LogP contribution >= 0.6 is 0 Å². The molecular weight excluding hydrogens is 340 g/mol. The Morgan fingerprint density at radius 1 is 0.963 bits per heavy atom. The number of nitrogens with one attached hydrogen (secondary N) is 2. The molecule has 0 bridgehead atoms. The first-order chi connectivity index (χ1) is 13.0. The summed E-state index contributed by atoms with van der Waals surface area (Å²) in [5, 5.41) is 5.49. The molecule has 0 aliphatic rings. The minimum absolute atomic E-state index is 0.149. The Kier molecular flexibility index (Phi) is 11.1. The molecule has 0 aliphatic carbocycles. The van der Waals surface area contributed by atoms with E-state index in [-0.39, 0.29) is 11.8 Å². The largest absolute Gasteiger partial charge is 0.349 e. The third kappa shape index (κ3) is 8.85. The zero-order valence-electron chi connectivity index (χ0n) is 16.9. The smallest absolute Gasteiger partial charge is 0.289 e. The number of carbonyl (C=O) groups excluding carboxylic acids is 3. The molecule has 2 amide bonds. The summed E-state index contributed by atoms with van der Waals surface area (Å²) >= 11 is 0. The number of rotatable bonds is 13. The van der Waals surface area contributed by atoms with Gasteiger partial charge in [-0.2, -0.15) is 0 Å². The number of benzene rings is 1. The lowest BCUT2D eigenvalue weighted by molar-refractivity contribution is -0.140. The van der Waals surface area contributed by atoms with Crippen molar-refractivity contribution in [3.8, 4) is 0 Å². The molecule has 5 heteroatoms. The third-order valence-electron chi connectivity index (χ3n) is 4.66. The lowest BCUT2D eigenvalue weighted by Crippen LogP contribution is -2.49. The number of hydrogen-bond acceptors (Lipinski definition) is 3. The fourth-order valence-electron chi connectivity index (χ4n) is 2.96. The molecule has 150 valence electrons. The second kappa shape index (κ2) is 13.1. The van der Waals surface area contributed by atoms with Crippen LogP contribution in [0.2, 0.25) is 0 Å². The van der Waals surface area contributed by atoms with Crippen LogP contribution in [0.1, 0.15) is 64.9 Å². The highest BCUT2D eigenvalue weighted by atomic mass is 16.2. The quantitative estimate of drug-likeness (QED) is 0.410. The van der Waals surface area contributed by atoms with Crippen molar-refractivity contribution in [2.75, 3.05) is 6.54 Å². The van der Waals surface area contributed by atoms with Gasteiger partial charge >= 0.3 is 0 Å². The van der Waals surface area contributed by atoms with Crippen LogP contribution in [0, 0.1) is 5.92 Å². The normalized spacial score (nSPS) is 12.9. The molecule has 1 rings (SSSR count). The summed E-state index contributed by atoms with van der Waals surface area (Å²) < 4.78 is 0. The van der Waals surface area contributed by atoms with Gasteiger partial charge in [0.15, 0.2) is 0 Å². The molecule has 1 aromatic rings.